The normalized spacial score (nSPS) is 30.2. The molecule has 2 unspecified atom stereocenters. The van der Waals surface area contributed by atoms with Gasteiger partial charge in [0, 0.05) is 36.5 Å². The van der Waals surface area contributed by atoms with Gasteiger partial charge in [-0.25, -0.2) is 0 Å². The monoisotopic (exact) mass is 216 g/mol. The predicted molar refractivity (Wildman–Crippen MR) is 66.1 cm³/mol. The van der Waals surface area contributed by atoms with Gasteiger partial charge in [0.15, 0.2) is 0 Å². The Morgan fingerprint density at radius 2 is 2.21 bits per heavy atom. The number of hydrogen-bond donors (Lipinski definition) is 1. The highest BCUT2D eigenvalue weighted by atomic mass is 32.2. The molecule has 14 heavy (non-hydrogen) atoms. The maximum Gasteiger partial charge on any atom is 0.0252 e. The van der Waals surface area contributed by atoms with Crippen molar-refractivity contribution in [2.75, 3.05) is 25.9 Å². The van der Waals surface area contributed by atoms with Crippen LogP contribution in [0.5, 0.6) is 0 Å². The molecule has 0 spiro atoms. The van der Waals surface area contributed by atoms with Crippen molar-refractivity contribution in [3.63, 3.8) is 0 Å². The smallest absolute Gasteiger partial charge is 0.0252 e. The molecule has 0 aromatic rings. The number of thioether (sulfide) groups is 1. The zero-order chi connectivity index (χ0) is 10.8. The van der Waals surface area contributed by atoms with Gasteiger partial charge in [0.1, 0.15) is 0 Å². The average molecular weight is 216 g/mol. The lowest BCUT2D eigenvalue weighted by atomic mass is 9.99. The second kappa shape index (κ2) is 4.86. The lowest BCUT2D eigenvalue weighted by molar-refractivity contribution is 0.106. The van der Waals surface area contributed by atoms with Crippen LogP contribution in [0.2, 0.25) is 0 Å². The van der Waals surface area contributed by atoms with Gasteiger partial charge in [-0.05, 0) is 27.0 Å². The molecule has 0 aliphatic carbocycles. The van der Waals surface area contributed by atoms with Crippen molar-refractivity contribution in [3.05, 3.63) is 0 Å². The fraction of sp³-hybridized carbons (Fsp3) is 1.00. The van der Waals surface area contributed by atoms with Gasteiger partial charge in [-0.1, -0.05) is 6.92 Å². The molecule has 1 saturated heterocycles. The van der Waals surface area contributed by atoms with Crippen LogP contribution < -0.4 is 5.32 Å². The maximum absolute atomic E-state index is 3.58. The fourth-order valence-corrected chi connectivity index (χ4v) is 2.26. The molecule has 0 amide bonds. The summed E-state index contributed by atoms with van der Waals surface area (Å²) < 4.78 is 0. The maximum atomic E-state index is 3.58. The van der Waals surface area contributed by atoms with E-state index in [-0.39, 0.29) is 5.54 Å². The van der Waals surface area contributed by atoms with Gasteiger partial charge >= 0.3 is 0 Å². The molecule has 1 heterocycles. The van der Waals surface area contributed by atoms with Crippen LogP contribution in [0.4, 0.5) is 0 Å². The Kier molecular flexibility index (Phi) is 4.29. The van der Waals surface area contributed by atoms with Gasteiger partial charge in [0.2, 0.25) is 0 Å². The van der Waals surface area contributed by atoms with Gasteiger partial charge in [-0.3, -0.25) is 4.90 Å². The Morgan fingerprint density at radius 3 is 2.79 bits per heavy atom. The molecule has 0 bridgehead atoms. The van der Waals surface area contributed by atoms with Crippen LogP contribution >= 0.6 is 11.8 Å². The summed E-state index contributed by atoms with van der Waals surface area (Å²) in [5.74, 6) is 0. The van der Waals surface area contributed by atoms with Crippen molar-refractivity contribution in [2.45, 2.75) is 44.5 Å². The first-order valence-corrected chi connectivity index (χ1v) is 6.75. The first kappa shape index (κ1) is 12.3. The van der Waals surface area contributed by atoms with Gasteiger partial charge in [0.25, 0.3) is 0 Å². The van der Waals surface area contributed by atoms with Crippen LogP contribution in [0.3, 0.4) is 0 Å². The second-order valence-electron chi connectivity index (χ2n) is 5.09. The van der Waals surface area contributed by atoms with E-state index >= 15 is 0 Å². The van der Waals surface area contributed by atoms with Crippen LogP contribution in [0.1, 0.15) is 27.7 Å². The van der Waals surface area contributed by atoms with E-state index in [1.807, 2.05) is 11.8 Å². The summed E-state index contributed by atoms with van der Waals surface area (Å²) in [6.45, 7) is 12.7. The molecule has 0 aromatic heterocycles. The van der Waals surface area contributed by atoms with Gasteiger partial charge < -0.3 is 5.32 Å². The number of piperazine rings is 1. The van der Waals surface area contributed by atoms with Crippen LogP contribution in [0.15, 0.2) is 0 Å². The molecule has 0 aromatic carbocycles. The quantitative estimate of drug-likeness (QED) is 0.774. The van der Waals surface area contributed by atoms with Crippen molar-refractivity contribution >= 4 is 11.8 Å². The molecule has 1 rings (SSSR count). The summed E-state index contributed by atoms with van der Waals surface area (Å²) >= 11 is 1.96. The Morgan fingerprint density at radius 1 is 1.57 bits per heavy atom. The molecule has 1 N–H and O–H groups in total. The average Bonchev–Trinajstić information content (AvgIpc) is 2.11. The molecule has 3 heteroatoms. The predicted octanol–water partition coefficient (Wildman–Crippen LogP) is 1.81. The van der Waals surface area contributed by atoms with Gasteiger partial charge in [-0.2, -0.15) is 11.8 Å². The van der Waals surface area contributed by atoms with E-state index in [1.165, 1.54) is 13.1 Å². The zero-order valence-electron chi connectivity index (χ0n) is 10.1. The largest absolute Gasteiger partial charge is 0.309 e. The summed E-state index contributed by atoms with van der Waals surface area (Å²) in [5.41, 5.74) is 0.282. The van der Waals surface area contributed by atoms with E-state index in [0.29, 0.717) is 6.04 Å². The zero-order valence-corrected chi connectivity index (χ0v) is 10.9. The van der Waals surface area contributed by atoms with Crippen LogP contribution in [-0.2, 0) is 0 Å². The molecule has 1 aliphatic heterocycles. The molecular formula is C11H24N2S. The first-order chi connectivity index (χ1) is 6.44. The summed E-state index contributed by atoms with van der Waals surface area (Å²) in [6.07, 6.45) is 2.20. The summed E-state index contributed by atoms with van der Waals surface area (Å²) in [6, 6.07) is 0.678. The molecule has 0 saturated carbocycles. The number of rotatable bonds is 3. The SMILES string of the molecule is CSC(C)CN1CC(C)(C)NCC1C. The highest BCUT2D eigenvalue weighted by Gasteiger charge is 2.30. The molecule has 1 fully saturated rings. The number of nitrogens with zero attached hydrogens (tertiary/aromatic N) is 1. The lowest BCUT2D eigenvalue weighted by Crippen LogP contribution is -2.61. The molecule has 0 radical (unpaired) electrons. The van der Waals surface area contributed by atoms with Crippen molar-refractivity contribution < 1.29 is 0 Å². The van der Waals surface area contributed by atoms with Crippen molar-refractivity contribution in [1.29, 1.82) is 0 Å². The lowest BCUT2D eigenvalue weighted by Gasteiger charge is -2.44. The minimum atomic E-state index is 0.282. The Balaban J connectivity index is 2.48. The van der Waals surface area contributed by atoms with Crippen molar-refractivity contribution in [1.82, 2.24) is 10.2 Å². The first-order valence-electron chi connectivity index (χ1n) is 5.46. The number of hydrogen-bond acceptors (Lipinski definition) is 3. The third-order valence-electron chi connectivity index (χ3n) is 2.99. The third-order valence-corrected chi connectivity index (χ3v) is 3.95. The van der Waals surface area contributed by atoms with Crippen LogP contribution in [0, 0.1) is 0 Å². The Bertz CT molecular complexity index is 182. The topological polar surface area (TPSA) is 15.3 Å². The highest BCUT2D eigenvalue weighted by Crippen LogP contribution is 2.17. The highest BCUT2D eigenvalue weighted by molar-refractivity contribution is 7.99. The van der Waals surface area contributed by atoms with Gasteiger partial charge in [0.05, 0.1) is 0 Å². The summed E-state index contributed by atoms with van der Waals surface area (Å²) in [4.78, 5) is 2.61. The van der Waals surface area contributed by atoms with Gasteiger partial charge in [-0.15, -0.1) is 0 Å². The van der Waals surface area contributed by atoms with E-state index in [2.05, 4.69) is 44.2 Å². The Hall–Kier alpha value is 0.270. The minimum Gasteiger partial charge on any atom is -0.309 e. The van der Waals surface area contributed by atoms with Crippen molar-refractivity contribution in [2.24, 2.45) is 0 Å². The summed E-state index contributed by atoms with van der Waals surface area (Å²) in [5, 5.41) is 4.32. The minimum absolute atomic E-state index is 0.282. The molecule has 84 valence electrons. The third kappa shape index (κ3) is 3.44. The Labute approximate surface area is 92.8 Å². The van der Waals surface area contributed by atoms with E-state index in [9.17, 15) is 0 Å². The van der Waals surface area contributed by atoms with Crippen LogP contribution in [0.25, 0.3) is 0 Å². The van der Waals surface area contributed by atoms with E-state index in [1.54, 1.807) is 0 Å². The van der Waals surface area contributed by atoms with E-state index in [0.717, 1.165) is 11.8 Å². The molecule has 2 nitrogen and oxygen atoms in total. The fourth-order valence-electron chi connectivity index (χ4n) is 1.92. The van der Waals surface area contributed by atoms with Crippen LogP contribution in [-0.4, -0.2) is 47.6 Å². The van der Waals surface area contributed by atoms with E-state index < -0.39 is 0 Å². The number of nitrogens with one attached hydrogen (secondary N) is 1. The van der Waals surface area contributed by atoms with Crippen molar-refractivity contribution in [3.8, 4) is 0 Å². The second-order valence-corrected chi connectivity index (χ2v) is 6.37. The molecule has 1 aliphatic rings. The molecular weight excluding hydrogens is 192 g/mol. The van der Waals surface area contributed by atoms with E-state index in [4.69, 9.17) is 0 Å². The molecule has 2 atom stereocenters. The standard InChI is InChI=1S/C11H24N2S/c1-9-6-12-11(3,4)8-13(9)7-10(2)14-5/h9-10,12H,6-8H2,1-5H3. The summed E-state index contributed by atoms with van der Waals surface area (Å²) in [7, 11) is 0.